The molecule has 0 spiro atoms. The summed E-state index contributed by atoms with van der Waals surface area (Å²) in [4.78, 5) is 13.0. The SMILES string of the molecule is CNC(=O)CN(C)c1cc(C)ccc1N. The van der Waals surface area contributed by atoms with E-state index in [0.717, 1.165) is 11.3 Å². The minimum absolute atomic E-state index is 0.0293. The fourth-order valence-corrected chi connectivity index (χ4v) is 1.36. The zero-order valence-electron chi connectivity index (χ0n) is 9.37. The molecule has 1 aromatic rings. The summed E-state index contributed by atoms with van der Waals surface area (Å²) < 4.78 is 0. The Balaban J connectivity index is 2.85. The Bertz CT molecular complexity index is 363. The van der Waals surface area contributed by atoms with Crippen molar-refractivity contribution in [3.05, 3.63) is 23.8 Å². The van der Waals surface area contributed by atoms with Crippen LogP contribution < -0.4 is 16.0 Å². The molecule has 4 nitrogen and oxygen atoms in total. The standard InChI is InChI=1S/C11H17N3O/c1-8-4-5-9(12)10(6-8)14(3)7-11(15)13-2/h4-6H,7,12H2,1-3H3,(H,13,15). The lowest BCUT2D eigenvalue weighted by Gasteiger charge is -2.20. The Morgan fingerprint density at radius 1 is 1.53 bits per heavy atom. The second kappa shape index (κ2) is 4.68. The first-order chi connectivity index (χ1) is 7.04. The Morgan fingerprint density at radius 3 is 2.80 bits per heavy atom. The fraction of sp³-hybridized carbons (Fsp3) is 0.364. The summed E-state index contributed by atoms with van der Waals surface area (Å²) in [5.41, 5.74) is 8.54. The van der Waals surface area contributed by atoms with E-state index < -0.39 is 0 Å². The Kier molecular flexibility index (Phi) is 3.55. The summed E-state index contributed by atoms with van der Waals surface area (Å²) >= 11 is 0. The number of rotatable bonds is 3. The number of nitrogens with one attached hydrogen (secondary N) is 1. The van der Waals surface area contributed by atoms with Crippen LogP contribution in [0.2, 0.25) is 0 Å². The molecule has 0 aliphatic carbocycles. The van der Waals surface area contributed by atoms with Crippen LogP contribution in [-0.2, 0) is 4.79 Å². The number of amides is 1. The maximum atomic E-state index is 11.2. The van der Waals surface area contributed by atoms with Gasteiger partial charge in [-0.3, -0.25) is 4.79 Å². The van der Waals surface area contributed by atoms with E-state index in [4.69, 9.17) is 5.73 Å². The van der Waals surface area contributed by atoms with Crippen LogP contribution in [0.3, 0.4) is 0 Å². The van der Waals surface area contributed by atoms with Gasteiger partial charge in [-0.2, -0.15) is 0 Å². The normalized spacial score (nSPS) is 9.80. The number of benzene rings is 1. The molecule has 1 aromatic carbocycles. The first kappa shape index (κ1) is 11.4. The second-order valence-electron chi connectivity index (χ2n) is 3.59. The molecular weight excluding hydrogens is 190 g/mol. The molecule has 0 aromatic heterocycles. The topological polar surface area (TPSA) is 58.4 Å². The molecular formula is C11H17N3O. The molecule has 0 saturated carbocycles. The minimum Gasteiger partial charge on any atom is -0.397 e. The molecule has 0 aliphatic rings. The summed E-state index contributed by atoms with van der Waals surface area (Å²) in [6.07, 6.45) is 0. The number of nitrogens with two attached hydrogens (primary N) is 1. The highest BCUT2D eigenvalue weighted by molar-refractivity contribution is 5.82. The first-order valence-corrected chi connectivity index (χ1v) is 4.82. The van der Waals surface area contributed by atoms with Crippen molar-refractivity contribution in [2.45, 2.75) is 6.92 Å². The van der Waals surface area contributed by atoms with Crippen molar-refractivity contribution in [2.24, 2.45) is 0 Å². The van der Waals surface area contributed by atoms with Gasteiger partial charge < -0.3 is 16.0 Å². The number of aryl methyl sites for hydroxylation is 1. The smallest absolute Gasteiger partial charge is 0.239 e. The third-order valence-electron chi connectivity index (χ3n) is 2.26. The van der Waals surface area contributed by atoms with Gasteiger partial charge in [0.25, 0.3) is 0 Å². The van der Waals surface area contributed by atoms with Crippen LogP contribution in [0.4, 0.5) is 11.4 Å². The van der Waals surface area contributed by atoms with E-state index in [0.29, 0.717) is 12.2 Å². The molecule has 15 heavy (non-hydrogen) atoms. The van der Waals surface area contributed by atoms with E-state index >= 15 is 0 Å². The van der Waals surface area contributed by atoms with E-state index in [2.05, 4.69) is 5.32 Å². The molecule has 0 aliphatic heterocycles. The number of carbonyl (C=O) groups is 1. The molecule has 0 saturated heterocycles. The van der Waals surface area contributed by atoms with E-state index in [1.54, 1.807) is 7.05 Å². The van der Waals surface area contributed by atoms with Gasteiger partial charge in [0.2, 0.25) is 5.91 Å². The van der Waals surface area contributed by atoms with E-state index in [1.165, 1.54) is 0 Å². The molecule has 1 amide bonds. The summed E-state index contributed by atoms with van der Waals surface area (Å²) in [5.74, 6) is -0.0293. The zero-order valence-corrected chi connectivity index (χ0v) is 9.37. The van der Waals surface area contributed by atoms with Gasteiger partial charge in [0.05, 0.1) is 17.9 Å². The zero-order chi connectivity index (χ0) is 11.4. The molecule has 0 bridgehead atoms. The van der Waals surface area contributed by atoms with Crippen LogP contribution in [0, 0.1) is 6.92 Å². The van der Waals surface area contributed by atoms with Crippen LogP contribution in [0.15, 0.2) is 18.2 Å². The maximum absolute atomic E-state index is 11.2. The van der Waals surface area contributed by atoms with Crippen LogP contribution in [-0.4, -0.2) is 26.5 Å². The Morgan fingerprint density at radius 2 is 2.20 bits per heavy atom. The van der Waals surface area contributed by atoms with Crippen molar-refractivity contribution < 1.29 is 4.79 Å². The van der Waals surface area contributed by atoms with Gasteiger partial charge >= 0.3 is 0 Å². The van der Waals surface area contributed by atoms with Crippen LogP contribution >= 0.6 is 0 Å². The quantitative estimate of drug-likeness (QED) is 0.719. The lowest BCUT2D eigenvalue weighted by atomic mass is 10.2. The number of hydrogen-bond donors (Lipinski definition) is 2. The van der Waals surface area contributed by atoms with Crippen molar-refractivity contribution >= 4 is 17.3 Å². The molecule has 0 radical (unpaired) electrons. The Hall–Kier alpha value is -1.71. The number of nitrogen functional groups attached to an aromatic ring is 1. The molecule has 0 unspecified atom stereocenters. The van der Waals surface area contributed by atoms with Crippen molar-refractivity contribution in [3.63, 3.8) is 0 Å². The summed E-state index contributed by atoms with van der Waals surface area (Å²) in [6.45, 7) is 2.31. The molecule has 0 heterocycles. The fourth-order valence-electron chi connectivity index (χ4n) is 1.36. The summed E-state index contributed by atoms with van der Waals surface area (Å²) in [5, 5.41) is 2.58. The van der Waals surface area contributed by atoms with Gasteiger partial charge in [-0.05, 0) is 24.6 Å². The second-order valence-corrected chi connectivity index (χ2v) is 3.59. The number of nitrogens with zero attached hydrogens (tertiary/aromatic N) is 1. The number of anilines is 2. The predicted octanol–water partition coefficient (Wildman–Crippen LogP) is 0.759. The highest BCUT2D eigenvalue weighted by Gasteiger charge is 2.08. The van der Waals surface area contributed by atoms with Crippen LogP contribution in [0.1, 0.15) is 5.56 Å². The monoisotopic (exact) mass is 207 g/mol. The molecule has 3 N–H and O–H groups in total. The molecule has 82 valence electrons. The van der Waals surface area contributed by atoms with Gasteiger partial charge in [-0.1, -0.05) is 6.07 Å². The Labute approximate surface area is 90.1 Å². The third-order valence-corrected chi connectivity index (χ3v) is 2.26. The molecule has 1 rings (SSSR count). The number of likely N-dealkylation sites (N-methyl/N-ethyl adjacent to an activating group) is 2. The lowest BCUT2D eigenvalue weighted by molar-refractivity contribution is -0.119. The van der Waals surface area contributed by atoms with Crippen LogP contribution in [0.5, 0.6) is 0 Å². The van der Waals surface area contributed by atoms with Gasteiger partial charge in [0.1, 0.15) is 0 Å². The highest BCUT2D eigenvalue weighted by Crippen LogP contribution is 2.22. The lowest BCUT2D eigenvalue weighted by Crippen LogP contribution is -2.33. The summed E-state index contributed by atoms with van der Waals surface area (Å²) in [6, 6.07) is 5.77. The predicted molar refractivity (Wildman–Crippen MR) is 62.9 cm³/mol. The molecule has 4 heteroatoms. The van der Waals surface area contributed by atoms with E-state index in [-0.39, 0.29) is 5.91 Å². The first-order valence-electron chi connectivity index (χ1n) is 4.82. The maximum Gasteiger partial charge on any atom is 0.239 e. The van der Waals surface area contributed by atoms with E-state index in [1.807, 2.05) is 37.1 Å². The third kappa shape index (κ3) is 2.87. The number of hydrogen-bond acceptors (Lipinski definition) is 3. The van der Waals surface area contributed by atoms with Crippen LogP contribution in [0.25, 0.3) is 0 Å². The minimum atomic E-state index is -0.0293. The van der Waals surface area contributed by atoms with Gasteiger partial charge in [0, 0.05) is 14.1 Å². The van der Waals surface area contributed by atoms with Gasteiger partial charge in [0.15, 0.2) is 0 Å². The van der Waals surface area contributed by atoms with Gasteiger partial charge in [-0.25, -0.2) is 0 Å². The number of carbonyl (C=O) groups excluding carboxylic acids is 1. The van der Waals surface area contributed by atoms with Crippen molar-refractivity contribution in [1.82, 2.24) is 5.32 Å². The largest absolute Gasteiger partial charge is 0.397 e. The molecule has 0 fully saturated rings. The van der Waals surface area contributed by atoms with Crippen molar-refractivity contribution in [2.75, 3.05) is 31.3 Å². The highest BCUT2D eigenvalue weighted by atomic mass is 16.1. The summed E-state index contributed by atoms with van der Waals surface area (Å²) in [7, 11) is 3.47. The molecule has 0 atom stereocenters. The average Bonchev–Trinajstić information content (AvgIpc) is 2.21. The van der Waals surface area contributed by atoms with Gasteiger partial charge in [-0.15, -0.1) is 0 Å². The average molecular weight is 207 g/mol. The van der Waals surface area contributed by atoms with Crippen molar-refractivity contribution in [1.29, 1.82) is 0 Å². The van der Waals surface area contributed by atoms with Crippen molar-refractivity contribution in [3.8, 4) is 0 Å². The van der Waals surface area contributed by atoms with E-state index in [9.17, 15) is 4.79 Å².